The lowest BCUT2D eigenvalue weighted by Gasteiger charge is -2.36. The first kappa shape index (κ1) is 18.8. The third kappa shape index (κ3) is 4.09. The topological polar surface area (TPSA) is 63.3 Å². The number of benzene rings is 2. The molecule has 0 heterocycles. The van der Waals surface area contributed by atoms with Gasteiger partial charge in [0.05, 0.1) is 0 Å². The molecule has 0 bridgehead atoms. The maximum Gasteiger partial charge on any atom is 0.321 e. The average molecular weight is 360 g/mol. The lowest BCUT2D eigenvalue weighted by atomic mass is 10.4. The molecule has 0 spiro atoms. The highest BCUT2D eigenvalue weighted by molar-refractivity contribution is 8.02. The van der Waals surface area contributed by atoms with Crippen LogP contribution in [-0.4, -0.2) is 35.8 Å². The molecule has 2 aromatic carbocycles. The number of aliphatic carboxylic acids is 1. The molecule has 3 nitrogen and oxygen atoms in total. The molecule has 2 aromatic rings. The van der Waals surface area contributed by atoms with E-state index in [1.165, 1.54) is 10.4 Å². The van der Waals surface area contributed by atoms with Gasteiger partial charge in [-0.25, -0.2) is 0 Å². The fraction of sp³-hybridized carbons (Fsp3) is 0.316. The number of hydrogen-bond donors (Lipinski definition) is 2. The monoisotopic (exact) mass is 359 g/mol. The van der Waals surface area contributed by atoms with Crippen molar-refractivity contribution in [3.05, 3.63) is 60.7 Å². The van der Waals surface area contributed by atoms with Gasteiger partial charge in [-0.05, 0) is 6.42 Å². The quantitative estimate of drug-likeness (QED) is 0.710. The van der Waals surface area contributed by atoms with Gasteiger partial charge >= 0.3 is 5.97 Å². The first-order chi connectivity index (χ1) is 11.5. The van der Waals surface area contributed by atoms with Crippen LogP contribution in [0.5, 0.6) is 0 Å². The van der Waals surface area contributed by atoms with Gasteiger partial charge in [-0.3, -0.25) is 4.79 Å². The molecule has 0 amide bonds. The Labute approximate surface area is 149 Å². The van der Waals surface area contributed by atoms with Crippen molar-refractivity contribution < 1.29 is 9.90 Å². The molecule has 0 fully saturated rings. The Bertz CT molecular complexity index is 611. The SMILES string of the molecule is CCC(SCC(N)C(=O)O)[Si](C)(c1ccccc1)c1ccccc1. The maximum atomic E-state index is 11.1. The zero-order valence-electron chi connectivity index (χ0n) is 14.2. The van der Waals surface area contributed by atoms with E-state index in [0.717, 1.165) is 6.42 Å². The number of rotatable bonds is 8. The molecular weight excluding hydrogens is 334 g/mol. The minimum atomic E-state index is -2.02. The lowest BCUT2D eigenvalue weighted by molar-refractivity contribution is -0.137. The molecule has 0 aliphatic heterocycles. The van der Waals surface area contributed by atoms with Crippen LogP contribution in [0.4, 0.5) is 0 Å². The van der Waals surface area contributed by atoms with Crippen LogP contribution in [0.15, 0.2) is 60.7 Å². The molecular formula is C19H25NO2SSi. The van der Waals surface area contributed by atoms with Crippen molar-refractivity contribution in [1.29, 1.82) is 0 Å². The van der Waals surface area contributed by atoms with Gasteiger partial charge in [-0.1, -0.05) is 84.5 Å². The van der Waals surface area contributed by atoms with Gasteiger partial charge in [0.1, 0.15) is 14.1 Å². The summed E-state index contributed by atoms with van der Waals surface area (Å²) >= 11 is 1.71. The van der Waals surface area contributed by atoms with Gasteiger partial charge in [0.2, 0.25) is 0 Å². The molecule has 3 N–H and O–H groups in total. The molecule has 0 aliphatic rings. The number of hydrogen-bond acceptors (Lipinski definition) is 3. The maximum absolute atomic E-state index is 11.1. The Morgan fingerprint density at radius 1 is 1.08 bits per heavy atom. The second-order valence-electron chi connectivity index (χ2n) is 6.11. The van der Waals surface area contributed by atoms with Crippen LogP contribution < -0.4 is 16.1 Å². The van der Waals surface area contributed by atoms with Crippen LogP contribution in [0.3, 0.4) is 0 Å². The van der Waals surface area contributed by atoms with Crippen molar-refractivity contribution in [3.8, 4) is 0 Å². The molecule has 5 heteroatoms. The largest absolute Gasteiger partial charge is 0.480 e. The lowest BCUT2D eigenvalue weighted by Crippen LogP contribution is -2.63. The van der Waals surface area contributed by atoms with Crippen molar-refractivity contribution in [2.45, 2.75) is 30.8 Å². The molecule has 2 rings (SSSR count). The molecule has 0 radical (unpaired) electrons. The van der Waals surface area contributed by atoms with Gasteiger partial charge < -0.3 is 10.8 Å². The minimum Gasteiger partial charge on any atom is -0.480 e. The Morgan fingerprint density at radius 2 is 1.54 bits per heavy atom. The molecule has 0 aromatic heterocycles. The normalized spacial score (nSPS) is 14.1. The molecule has 0 saturated heterocycles. The molecule has 0 saturated carbocycles. The van der Waals surface area contributed by atoms with Crippen LogP contribution >= 0.6 is 11.8 Å². The summed E-state index contributed by atoms with van der Waals surface area (Å²) in [7, 11) is -2.02. The summed E-state index contributed by atoms with van der Waals surface area (Å²) in [6, 6.07) is 20.4. The van der Waals surface area contributed by atoms with E-state index in [2.05, 4.69) is 62.0 Å². The summed E-state index contributed by atoms with van der Waals surface area (Å²) in [5.41, 5.74) is 5.74. The van der Waals surface area contributed by atoms with Gasteiger partial charge in [0, 0.05) is 10.6 Å². The summed E-state index contributed by atoms with van der Waals surface area (Å²) in [6.07, 6.45) is 0.990. The minimum absolute atomic E-state index is 0.368. The predicted molar refractivity (Wildman–Crippen MR) is 106 cm³/mol. The molecule has 2 atom stereocenters. The predicted octanol–water partition coefficient (Wildman–Crippen LogP) is 2.34. The van der Waals surface area contributed by atoms with E-state index < -0.39 is 20.1 Å². The van der Waals surface area contributed by atoms with E-state index in [1.54, 1.807) is 11.8 Å². The zero-order valence-corrected chi connectivity index (χ0v) is 16.0. The summed E-state index contributed by atoms with van der Waals surface area (Å²) in [5.74, 6) is -0.490. The first-order valence-electron chi connectivity index (χ1n) is 8.21. The van der Waals surface area contributed by atoms with Gasteiger partial charge in [-0.2, -0.15) is 11.8 Å². The highest BCUT2D eigenvalue weighted by Crippen LogP contribution is 2.26. The summed E-state index contributed by atoms with van der Waals surface area (Å²) < 4.78 is 0. The van der Waals surface area contributed by atoms with E-state index in [-0.39, 0.29) is 0 Å². The van der Waals surface area contributed by atoms with Crippen LogP contribution in [0, 0.1) is 0 Å². The second-order valence-corrected chi connectivity index (χ2v) is 12.0. The van der Waals surface area contributed by atoms with E-state index >= 15 is 0 Å². The number of nitrogens with two attached hydrogens (primary N) is 1. The van der Waals surface area contributed by atoms with E-state index in [4.69, 9.17) is 10.8 Å². The fourth-order valence-corrected chi connectivity index (χ4v) is 10.0. The zero-order chi connectivity index (χ0) is 17.6. The number of carboxylic acids is 1. The molecule has 24 heavy (non-hydrogen) atoms. The van der Waals surface area contributed by atoms with Gasteiger partial charge in [0.15, 0.2) is 0 Å². The third-order valence-corrected chi connectivity index (χ3v) is 12.5. The Hall–Kier alpha value is -1.56. The van der Waals surface area contributed by atoms with E-state index in [1.807, 2.05) is 12.1 Å². The highest BCUT2D eigenvalue weighted by atomic mass is 32.2. The summed E-state index contributed by atoms with van der Waals surface area (Å²) in [6.45, 7) is 4.56. The Balaban J connectivity index is 2.39. The van der Waals surface area contributed by atoms with Crippen molar-refractivity contribution in [3.63, 3.8) is 0 Å². The van der Waals surface area contributed by atoms with Gasteiger partial charge in [0.25, 0.3) is 0 Å². The second kappa shape index (κ2) is 8.51. The van der Waals surface area contributed by atoms with Crippen molar-refractivity contribution >= 4 is 36.2 Å². The van der Waals surface area contributed by atoms with Crippen LogP contribution in [-0.2, 0) is 4.79 Å². The Kier molecular flexibility index (Phi) is 6.66. The van der Waals surface area contributed by atoms with Crippen LogP contribution in [0.2, 0.25) is 6.55 Å². The van der Waals surface area contributed by atoms with Crippen LogP contribution in [0.25, 0.3) is 0 Å². The standard InChI is InChI=1S/C19H25NO2SSi/c1-3-18(23-14-17(20)19(21)22)24(2,15-10-6-4-7-11-15)16-12-8-5-9-13-16/h4-13,17-18H,3,14,20H2,1-2H3,(H,21,22). The summed E-state index contributed by atoms with van der Waals surface area (Å²) in [5, 5.41) is 11.8. The molecule has 128 valence electrons. The molecule has 2 unspecified atom stereocenters. The van der Waals surface area contributed by atoms with Crippen molar-refractivity contribution in [2.75, 3.05) is 5.75 Å². The van der Waals surface area contributed by atoms with Crippen LogP contribution in [0.1, 0.15) is 13.3 Å². The smallest absolute Gasteiger partial charge is 0.321 e. The van der Waals surface area contributed by atoms with E-state index in [0.29, 0.717) is 10.6 Å². The average Bonchev–Trinajstić information content (AvgIpc) is 2.63. The Morgan fingerprint density at radius 3 is 1.92 bits per heavy atom. The highest BCUT2D eigenvalue weighted by Gasteiger charge is 2.39. The number of thioether (sulfide) groups is 1. The molecule has 0 aliphatic carbocycles. The van der Waals surface area contributed by atoms with Gasteiger partial charge in [-0.15, -0.1) is 0 Å². The van der Waals surface area contributed by atoms with Crippen molar-refractivity contribution in [1.82, 2.24) is 0 Å². The fourth-order valence-electron chi connectivity index (χ4n) is 3.09. The third-order valence-electron chi connectivity index (χ3n) is 4.56. The summed E-state index contributed by atoms with van der Waals surface area (Å²) in [4.78, 5) is 11.4. The van der Waals surface area contributed by atoms with Crippen molar-refractivity contribution in [2.24, 2.45) is 5.73 Å². The first-order valence-corrected chi connectivity index (χ1v) is 11.8. The van der Waals surface area contributed by atoms with E-state index in [9.17, 15) is 4.79 Å². The number of carboxylic acid groups (broad SMARTS) is 1. The number of carbonyl (C=O) groups is 1.